The standard InChI is InChI=1S/C10H11N3O/c14-10(8-4-5-8)13-12-7-9-3-1-2-6-11-9/h1-3,6-8H,4-5H2,(H,13,14)/b12-7-. The third-order valence-corrected chi connectivity index (χ3v) is 2.01. The molecule has 0 spiro atoms. The van der Waals surface area contributed by atoms with E-state index in [1.54, 1.807) is 12.4 Å². The highest BCUT2D eigenvalue weighted by Crippen LogP contribution is 2.28. The molecule has 1 aliphatic rings. The van der Waals surface area contributed by atoms with Crippen LogP contribution in [-0.4, -0.2) is 17.1 Å². The second kappa shape index (κ2) is 4.00. The van der Waals surface area contributed by atoms with Crippen LogP contribution < -0.4 is 5.43 Å². The minimum absolute atomic E-state index is 0.0113. The van der Waals surface area contributed by atoms with Gasteiger partial charge in [0, 0.05) is 12.1 Å². The van der Waals surface area contributed by atoms with Crippen molar-refractivity contribution in [2.24, 2.45) is 11.0 Å². The van der Waals surface area contributed by atoms with E-state index in [-0.39, 0.29) is 11.8 Å². The molecule has 0 unspecified atom stereocenters. The monoisotopic (exact) mass is 189 g/mol. The summed E-state index contributed by atoms with van der Waals surface area (Å²) in [7, 11) is 0. The lowest BCUT2D eigenvalue weighted by molar-refractivity contribution is -0.122. The van der Waals surface area contributed by atoms with Gasteiger partial charge in [-0.25, -0.2) is 5.43 Å². The molecule has 14 heavy (non-hydrogen) atoms. The molecule has 2 rings (SSSR count). The number of aromatic nitrogens is 1. The van der Waals surface area contributed by atoms with Gasteiger partial charge in [-0.2, -0.15) is 5.10 Å². The van der Waals surface area contributed by atoms with Gasteiger partial charge in [-0.3, -0.25) is 9.78 Å². The SMILES string of the molecule is O=C(N/N=C\c1ccccn1)C1CC1. The number of hydrogen-bond acceptors (Lipinski definition) is 3. The topological polar surface area (TPSA) is 54.4 Å². The molecule has 0 aromatic carbocycles. The Bertz CT molecular complexity index is 344. The van der Waals surface area contributed by atoms with E-state index in [2.05, 4.69) is 15.5 Å². The fourth-order valence-electron chi connectivity index (χ4n) is 1.05. The van der Waals surface area contributed by atoms with Gasteiger partial charge in [0.05, 0.1) is 11.9 Å². The molecule has 1 fully saturated rings. The maximum absolute atomic E-state index is 11.2. The first kappa shape index (κ1) is 8.87. The van der Waals surface area contributed by atoms with Gasteiger partial charge in [0.15, 0.2) is 0 Å². The van der Waals surface area contributed by atoms with Crippen LogP contribution >= 0.6 is 0 Å². The van der Waals surface area contributed by atoms with Crippen LogP contribution in [0.1, 0.15) is 18.5 Å². The second-order valence-corrected chi connectivity index (χ2v) is 3.26. The number of hydrogen-bond donors (Lipinski definition) is 1. The number of carbonyl (C=O) groups is 1. The molecule has 1 N–H and O–H groups in total. The Morgan fingerprint density at radius 3 is 3.07 bits per heavy atom. The van der Waals surface area contributed by atoms with E-state index >= 15 is 0 Å². The van der Waals surface area contributed by atoms with Gasteiger partial charge in [0.1, 0.15) is 0 Å². The molecule has 0 saturated heterocycles. The molecule has 0 radical (unpaired) electrons. The van der Waals surface area contributed by atoms with Crippen molar-refractivity contribution in [3.63, 3.8) is 0 Å². The number of carbonyl (C=O) groups excluding carboxylic acids is 1. The predicted molar refractivity (Wildman–Crippen MR) is 52.7 cm³/mol. The summed E-state index contributed by atoms with van der Waals surface area (Å²) in [6.07, 6.45) is 5.21. The van der Waals surface area contributed by atoms with E-state index in [0.29, 0.717) is 0 Å². The van der Waals surface area contributed by atoms with Crippen molar-refractivity contribution in [1.82, 2.24) is 10.4 Å². The summed E-state index contributed by atoms with van der Waals surface area (Å²) in [6, 6.07) is 5.53. The lowest BCUT2D eigenvalue weighted by Crippen LogP contribution is -2.19. The van der Waals surface area contributed by atoms with Gasteiger partial charge < -0.3 is 0 Å². The van der Waals surface area contributed by atoms with E-state index < -0.39 is 0 Å². The van der Waals surface area contributed by atoms with Crippen LogP contribution in [0.3, 0.4) is 0 Å². The molecule has 1 aliphatic carbocycles. The van der Waals surface area contributed by atoms with Crippen molar-refractivity contribution in [1.29, 1.82) is 0 Å². The highest BCUT2D eigenvalue weighted by atomic mass is 16.2. The van der Waals surface area contributed by atoms with Gasteiger partial charge in [-0.15, -0.1) is 0 Å². The third kappa shape index (κ3) is 2.39. The zero-order valence-electron chi connectivity index (χ0n) is 7.68. The summed E-state index contributed by atoms with van der Waals surface area (Å²) in [5, 5.41) is 3.82. The highest BCUT2D eigenvalue weighted by molar-refractivity contribution is 5.83. The Labute approximate surface area is 82.0 Å². The second-order valence-electron chi connectivity index (χ2n) is 3.26. The first-order chi connectivity index (χ1) is 6.86. The van der Waals surface area contributed by atoms with Crippen LogP contribution in [0.5, 0.6) is 0 Å². The molecular weight excluding hydrogens is 178 g/mol. The number of hydrazone groups is 1. The van der Waals surface area contributed by atoms with Crippen molar-refractivity contribution < 1.29 is 4.79 Å². The minimum Gasteiger partial charge on any atom is -0.273 e. The van der Waals surface area contributed by atoms with Crippen LogP contribution in [0.25, 0.3) is 0 Å². The van der Waals surface area contributed by atoms with Crippen molar-refractivity contribution in [2.75, 3.05) is 0 Å². The van der Waals surface area contributed by atoms with Gasteiger partial charge in [-0.05, 0) is 25.0 Å². The third-order valence-electron chi connectivity index (χ3n) is 2.01. The van der Waals surface area contributed by atoms with Gasteiger partial charge in [0.2, 0.25) is 5.91 Å². The van der Waals surface area contributed by atoms with Crippen molar-refractivity contribution >= 4 is 12.1 Å². The summed E-state index contributed by atoms with van der Waals surface area (Å²) >= 11 is 0. The van der Waals surface area contributed by atoms with Gasteiger partial charge in [0.25, 0.3) is 0 Å². The minimum atomic E-state index is 0.0113. The Morgan fingerprint density at radius 1 is 1.57 bits per heavy atom. The number of amides is 1. The number of rotatable bonds is 3. The first-order valence-electron chi connectivity index (χ1n) is 4.60. The normalized spacial score (nSPS) is 15.7. The fourth-order valence-corrected chi connectivity index (χ4v) is 1.05. The number of nitrogens with zero attached hydrogens (tertiary/aromatic N) is 2. The van der Waals surface area contributed by atoms with Crippen LogP contribution in [0.4, 0.5) is 0 Å². The molecule has 0 bridgehead atoms. The van der Waals surface area contributed by atoms with Crippen molar-refractivity contribution in [3.8, 4) is 0 Å². The maximum atomic E-state index is 11.2. The molecule has 1 heterocycles. The zero-order chi connectivity index (χ0) is 9.80. The number of nitrogens with one attached hydrogen (secondary N) is 1. The molecular formula is C10H11N3O. The highest BCUT2D eigenvalue weighted by Gasteiger charge is 2.29. The molecule has 0 atom stereocenters. The van der Waals surface area contributed by atoms with E-state index in [9.17, 15) is 4.79 Å². The van der Waals surface area contributed by atoms with Crippen LogP contribution in [0.2, 0.25) is 0 Å². The van der Waals surface area contributed by atoms with E-state index in [1.807, 2.05) is 18.2 Å². The maximum Gasteiger partial charge on any atom is 0.243 e. The molecule has 72 valence electrons. The largest absolute Gasteiger partial charge is 0.273 e. The summed E-state index contributed by atoms with van der Waals surface area (Å²) in [6.45, 7) is 0. The Balaban J connectivity index is 1.85. The predicted octanol–water partition coefficient (Wildman–Crippen LogP) is 0.942. The van der Waals surface area contributed by atoms with E-state index in [1.165, 1.54) is 0 Å². The smallest absolute Gasteiger partial charge is 0.243 e. The first-order valence-corrected chi connectivity index (χ1v) is 4.60. The molecule has 1 saturated carbocycles. The average Bonchev–Trinajstić information content (AvgIpc) is 3.02. The van der Waals surface area contributed by atoms with Crippen LogP contribution in [0.15, 0.2) is 29.5 Å². The Hall–Kier alpha value is -1.71. The number of pyridine rings is 1. The van der Waals surface area contributed by atoms with E-state index in [4.69, 9.17) is 0 Å². The lowest BCUT2D eigenvalue weighted by atomic mass is 10.4. The van der Waals surface area contributed by atoms with Crippen LogP contribution in [-0.2, 0) is 4.79 Å². The molecule has 4 heteroatoms. The lowest BCUT2D eigenvalue weighted by Gasteiger charge is -1.94. The molecule has 1 aromatic heterocycles. The summed E-state index contributed by atoms with van der Waals surface area (Å²) in [5.41, 5.74) is 3.22. The molecule has 0 aliphatic heterocycles. The average molecular weight is 189 g/mol. The molecule has 1 aromatic rings. The fraction of sp³-hybridized carbons (Fsp3) is 0.300. The quantitative estimate of drug-likeness (QED) is 0.568. The van der Waals surface area contributed by atoms with Crippen molar-refractivity contribution in [3.05, 3.63) is 30.1 Å². The van der Waals surface area contributed by atoms with Crippen molar-refractivity contribution in [2.45, 2.75) is 12.8 Å². The summed E-state index contributed by atoms with van der Waals surface area (Å²) in [4.78, 5) is 15.2. The molecule has 4 nitrogen and oxygen atoms in total. The van der Waals surface area contributed by atoms with Gasteiger partial charge in [-0.1, -0.05) is 6.07 Å². The Morgan fingerprint density at radius 2 is 2.43 bits per heavy atom. The van der Waals surface area contributed by atoms with Gasteiger partial charge >= 0.3 is 0 Å². The molecule has 1 amide bonds. The van der Waals surface area contributed by atoms with E-state index in [0.717, 1.165) is 18.5 Å². The Kier molecular flexibility index (Phi) is 2.53. The van der Waals surface area contributed by atoms with Crippen LogP contribution in [0, 0.1) is 5.92 Å². The summed E-state index contributed by atoms with van der Waals surface area (Å²) < 4.78 is 0. The summed E-state index contributed by atoms with van der Waals surface area (Å²) in [5.74, 6) is 0.202. The zero-order valence-corrected chi connectivity index (χ0v) is 7.68.